The van der Waals surface area contributed by atoms with E-state index in [0.717, 1.165) is 13.0 Å². The highest BCUT2D eigenvalue weighted by atomic mass is 14.8. The molecule has 1 radical (unpaired) electrons. The lowest BCUT2D eigenvalue weighted by Crippen LogP contribution is -2.06. The van der Waals surface area contributed by atoms with Crippen LogP contribution in [-0.2, 0) is 0 Å². The fourth-order valence-electron chi connectivity index (χ4n) is 0.302. The molecule has 0 bridgehead atoms. The molecule has 0 amide bonds. The van der Waals surface area contributed by atoms with Crippen molar-refractivity contribution in [1.82, 2.24) is 5.32 Å². The summed E-state index contributed by atoms with van der Waals surface area (Å²) in [7, 11) is 1.95. The van der Waals surface area contributed by atoms with Gasteiger partial charge in [0, 0.05) is 0 Å². The molecule has 0 aromatic rings. The van der Waals surface area contributed by atoms with Crippen molar-refractivity contribution >= 4 is 0 Å². The Balaban J connectivity index is 2.34. The van der Waals surface area contributed by atoms with Gasteiger partial charge >= 0.3 is 0 Å². The molecule has 0 saturated carbocycles. The maximum absolute atomic E-state index is 3.68. The number of unbranched alkanes of at least 4 members (excludes halogenated alkanes) is 1. The first kappa shape index (κ1) is 5.96. The van der Waals surface area contributed by atoms with Crippen LogP contribution < -0.4 is 5.32 Å². The second kappa shape index (κ2) is 4.96. The van der Waals surface area contributed by atoms with E-state index in [9.17, 15) is 0 Å². The summed E-state index contributed by atoms with van der Waals surface area (Å²) in [5.74, 6) is 0. The van der Waals surface area contributed by atoms with Gasteiger partial charge in [-0.2, -0.15) is 0 Å². The first-order chi connectivity index (χ1) is 2.91. The number of nitrogens with one attached hydrogen (secondary N) is 1. The lowest BCUT2D eigenvalue weighted by atomic mass is 10.3. The molecule has 1 N–H and O–H groups in total. The topological polar surface area (TPSA) is 12.0 Å². The molecule has 0 saturated heterocycles. The van der Waals surface area contributed by atoms with Gasteiger partial charge in [0.25, 0.3) is 0 Å². The fourth-order valence-corrected chi connectivity index (χ4v) is 0.302. The maximum Gasteiger partial charge on any atom is -0.00519 e. The molecule has 0 fully saturated rings. The Morgan fingerprint density at radius 1 is 1.67 bits per heavy atom. The molecule has 0 aliphatic carbocycles. The minimum absolute atomic E-state index is 1.04. The Kier molecular flexibility index (Phi) is 4.93. The molecular formula is C5H12N. The number of hydrogen-bond acceptors (Lipinski definition) is 1. The smallest absolute Gasteiger partial charge is 0.00519 e. The largest absolute Gasteiger partial charge is 0.320 e. The van der Waals surface area contributed by atoms with Crippen molar-refractivity contribution in [3.05, 3.63) is 6.92 Å². The van der Waals surface area contributed by atoms with Gasteiger partial charge in [-0.15, -0.1) is 0 Å². The van der Waals surface area contributed by atoms with Crippen molar-refractivity contribution in [2.45, 2.75) is 12.8 Å². The molecular weight excluding hydrogens is 74.1 g/mol. The van der Waals surface area contributed by atoms with Crippen molar-refractivity contribution in [2.75, 3.05) is 13.6 Å². The van der Waals surface area contributed by atoms with Crippen LogP contribution >= 0.6 is 0 Å². The minimum atomic E-state index is 1.04. The molecule has 6 heavy (non-hydrogen) atoms. The molecule has 0 aromatic heterocycles. The van der Waals surface area contributed by atoms with E-state index in [0.29, 0.717) is 0 Å². The molecule has 37 valence electrons. The lowest BCUT2D eigenvalue weighted by molar-refractivity contribution is 0.734. The van der Waals surface area contributed by atoms with Crippen LogP contribution in [0, 0.1) is 6.92 Å². The monoisotopic (exact) mass is 86.1 g/mol. The average Bonchev–Trinajstić information content (AvgIpc) is 1.61. The van der Waals surface area contributed by atoms with E-state index >= 15 is 0 Å². The molecule has 0 aliphatic rings. The Bertz CT molecular complexity index is 15.9. The zero-order valence-corrected chi connectivity index (χ0v) is 4.33. The predicted octanol–water partition coefficient (Wildman–Crippen LogP) is 0.820. The summed E-state index contributed by atoms with van der Waals surface area (Å²) in [5.41, 5.74) is 0. The van der Waals surface area contributed by atoms with Crippen LogP contribution in [0.1, 0.15) is 12.8 Å². The molecule has 0 aromatic carbocycles. The molecule has 0 unspecified atom stereocenters. The summed E-state index contributed by atoms with van der Waals surface area (Å²) in [6.45, 7) is 4.78. The van der Waals surface area contributed by atoms with Gasteiger partial charge in [0.2, 0.25) is 0 Å². The highest BCUT2D eigenvalue weighted by Gasteiger charge is 1.73. The molecule has 0 atom stereocenters. The first-order valence-electron chi connectivity index (χ1n) is 2.35. The number of rotatable bonds is 3. The second-order valence-corrected chi connectivity index (χ2v) is 1.31. The van der Waals surface area contributed by atoms with E-state index in [1.807, 2.05) is 7.05 Å². The summed E-state index contributed by atoms with van der Waals surface area (Å²) in [6.07, 6.45) is 2.23. The Morgan fingerprint density at radius 3 is 2.50 bits per heavy atom. The van der Waals surface area contributed by atoms with Gasteiger partial charge in [0.15, 0.2) is 0 Å². The van der Waals surface area contributed by atoms with E-state index in [4.69, 9.17) is 0 Å². The average molecular weight is 86.2 g/mol. The van der Waals surface area contributed by atoms with E-state index in [2.05, 4.69) is 12.2 Å². The van der Waals surface area contributed by atoms with Crippen LogP contribution in [0.2, 0.25) is 0 Å². The molecule has 0 spiro atoms. The molecule has 1 heteroatoms. The van der Waals surface area contributed by atoms with Crippen LogP contribution in [0.15, 0.2) is 0 Å². The van der Waals surface area contributed by atoms with Crippen LogP contribution in [0.4, 0.5) is 0 Å². The third-order valence-electron chi connectivity index (χ3n) is 0.677. The molecule has 1 nitrogen and oxygen atoms in total. The summed E-state index contributed by atoms with van der Waals surface area (Å²) in [4.78, 5) is 0. The standard InChI is InChI=1S/C5H12N/c1-3-4-5-6-2/h6H,1,3-5H2,2H3. The SMILES string of the molecule is [CH2]CCCNC. The van der Waals surface area contributed by atoms with Crippen molar-refractivity contribution in [3.8, 4) is 0 Å². The van der Waals surface area contributed by atoms with Gasteiger partial charge in [-0.25, -0.2) is 0 Å². The summed E-state index contributed by atoms with van der Waals surface area (Å²) >= 11 is 0. The van der Waals surface area contributed by atoms with Crippen LogP contribution in [-0.4, -0.2) is 13.6 Å². The maximum atomic E-state index is 3.68. The molecule has 0 heterocycles. The van der Waals surface area contributed by atoms with Gasteiger partial charge in [0.05, 0.1) is 0 Å². The second-order valence-electron chi connectivity index (χ2n) is 1.31. The highest BCUT2D eigenvalue weighted by Crippen LogP contribution is 1.78. The zero-order valence-electron chi connectivity index (χ0n) is 4.33. The van der Waals surface area contributed by atoms with Crippen molar-refractivity contribution in [2.24, 2.45) is 0 Å². The van der Waals surface area contributed by atoms with Crippen LogP contribution in [0.25, 0.3) is 0 Å². The summed E-state index contributed by atoms with van der Waals surface area (Å²) in [5, 5.41) is 3.03. The molecule has 0 rings (SSSR count). The predicted molar refractivity (Wildman–Crippen MR) is 28.5 cm³/mol. The van der Waals surface area contributed by atoms with Crippen LogP contribution in [0.3, 0.4) is 0 Å². The third-order valence-corrected chi connectivity index (χ3v) is 0.677. The Hall–Kier alpha value is -0.0400. The summed E-state index contributed by atoms with van der Waals surface area (Å²) < 4.78 is 0. The van der Waals surface area contributed by atoms with Gasteiger partial charge in [-0.3, -0.25) is 0 Å². The van der Waals surface area contributed by atoms with E-state index < -0.39 is 0 Å². The van der Waals surface area contributed by atoms with Crippen molar-refractivity contribution in [1.29, 1.82) is 0 Å². The highest BCUT2D eigenvalue weighted by molar-refractivity contribution is 4.41. The van der Waals surface area contributed by atoms with Gasteiger partial charge < -0.3 is 5.32 Å². The quantitative estimate of drug-likeness (QED) is 0.501. The van der Waals surface area contributed by atoms with E-state index in [-0.39, 0.29) is 0 Å². The Labute approximate surface area is 39.7 Å². The third kappa shape index (κ3) is 3.96. The van der Waals surface area contributed by atoms with E-state index in [1.54, 1.807) is 0 Å². The van der Waals surface area contributed by atoms with Gasteiger partial charge in [-0.05, 0) is 20.0 Å². The van der Waals surface area contributed by atoms with Gasteiger partial charge in [0.1, 0.15) is 0 Å². The Morgan fingerprint density at radius 2 is 2.33 bits per heavy atom. The van der Waals surface area contributed by atoms with Crippen LogP contribution in [0.5, 0.6) is 0 Å². The molecule has 0 aliphatic heterocycles. The minimum Gasteiger partial charge on any atom is -0.320 e. The summed E-state index contributed by atoms with van der Waals surface area (Å²) in [6, 6.07) is 0. The van der Waals surface area contributed by atoms with E-state index in [1.165, 1.54) is 6.42 Å². The van der Waals surface area contributed by atoms with Crippen molar-refractivity contribution in [3.63, 3.8) is 0 Å². The normalized spacial score (nSPS) is 9.00. The first-order valence-corrected chi connectivity index (χ1v) is 2.35. The number of hydrogen-bond donors (Lipinski definition) is 1. The van der Waals surface area contributed by atoms with Crippen molar-refractivity contribution < 1.29 is 0 Å². The lowest BCUT2D eigenvalue weighted by Gasteiger charge is -1.89. The van der Waals surface area contributed by atoms with Gasteiger partial charge in [-0.1, -0.05) is 13.3 Å². The zero-order chi connectivity index (χ0) is 4.83. The fraction of sp³-hybridized carbons (Fsp3) is 0.800.